The van der Waals surface area contributed by atoms with Crippen LogP contribution in [-0.2, 0) is 4.79 Å². The number of nitrogens with zero attached hydrogens (tertiary/aromatic N) is 2. The van der Waals surface area contributed by atoms with Crippen molar-refractivity contribution in [1.29, 1.82) is 5.26 Å². The Balaban J connectivity index is 2.93. The number of carbonyl (C=O) groups is 1. The van der Waals surface area contributed by atoms with E-state index < -0.39 is 5.97 Å². The van der Waals surface area contributed by atoms with Crippen molar-refractivity contribution in [2.75, 3.05) is 18.5 Å². The number of hydrogen-bond donors (Lipinski definition) is 1. The molecule has 0 radical (unpaired) electrons. The fraction of sp³-hybridized carbons (Fsp3) is 0.200. The Labute approximate surface area is 95.9 Å². The molecule has 0 spiro atoms. The van der Waals surface area contributed by atoms with Crippen molar-refractivity contribution in [3.8, 4) is 6.07 Å². The van der Waals surface area contributed by atoms with E-state index in [1.165, 1.54) is 0 Å². The smallest absolute Gasteiger partial charge is 0.323 e. The lowest BCUT2D eigenvalue weighted by molar-refractivity contribution is -0.135. The molecular formula is C10H9BrN2O2. The number of likely N-dealkylation sites (N-methyl/N-ethyl adjacent to an activating group) is 1. The topological polar surface area (TPSA) is 64.3 Å². The maximum atomic E-state index is 10.5. The van der Waals surface area contributed by atoms with Gasteiger partial charge in [-0.15, -0.1) is 0 Å². The molecule has 0 unspecified atom stereocenters. The standard InChI is InChI=1S/C10H9BrN2O2/c1-13(6-10(14)15)8-3-2-7(5-12)9(11)4-8/h2-4H,6H2,1H3,(H,14,15). The normalized spacial score (nSPS) is 9.40. The number of carboxylic acid groups (broad SMARTS) is 1. The molecule has 5 heteroatoms. The number of aliphatic carboxylic acids is 1. The third-order valence-electron chi connectivity index (χ3n) is 1.89. The number of hydrogen-bond acceptors (Lipinski definition) is 3. The van der Waals surface area contributed by atoms with Gasteiger partial charge >= 0.3 is 5.97 Å². The molecule has 1 aromatic carbocycles. The predicted octanol–water partition coefficient (Wildman–Crippen LogP) is 1.84. The van der Waals surface area contributed by atoms with Crippen molar-refractivity contribution in [2.45, 2.75) is 0 Å². The molecule has 0 saturated carbocycles. The first-order valence-electron chi connectivity index (χ1n) is 4.17. The lowest BCUT2D eigenvalue weighted by Crippen LogP contribution is -2.24. The number of benzene rings is 1. The molecule has 0 aliphatic rings. The van der Waals surface area contributed by atoms with Crippen LogP contribution in [0.2, 0.25) is 0 Å². The van der Waals surface area contributed by atoms with E-state index in [1.54, 1.807) is 30.1 Å². The van der Waals surface area contributed by atoms with Gasteiger partial charge in [-0.2, -0.15) is 5.26 Å². The summed E-state index contributed by atoms with van der Waals surface area (Å²) in [6.45, 7) is -0.0711. The van der Waals surface area contributed by atoms with Gasteiger partial charge in [-0.05, 0) is 34.1 Å². The van der Waals surface area contributed by atoms with Crippen LogP contribution in [-0.4, -0.2) is 24.7 Å². The zero-order valence-electron chi connectivity index (χ0n) is 8.07. The Kier molecular flexibility index (Phi) is 3.69. The summed E-state index contributed by atoms with van der Waals surface area (Å²) in [6, 6.07) is 7.11. The van der Waals surface area contributed by atoms with Crippen LogP contribution < -0.4 is 4.90 Å². The van der Waals surface area contributed by atoms with Crippen molar-refractivity contribution in [3.63, 3.8) is 0 Å². The summed E-state index contributed by atoms with van der Waals surface area (Å²) in [6.07, 6.45) is 0. The maximum absolute atomic E-state index is 10.5. The second kappa shape index (κ2) is 4.80. The number of carboxylic acids is 1. The van der Waals surface area contributed by atoms with Crippen molar-refractivity contribution in [1.82, 2.24) is 0 Å². The summed E-state index contributed by atoms with van der Waals surface area (Å²) in [5.41, 5.74) is 1.28. The van der Waals surface area contributed by atoms with Gasteiger partial charge in [-0.3, -0.25) is 4.79 Å². The largest absolute Gasteiger partial charge is 0.480 e. The molecule has 0 atom stereocenters. The lowest BCUT2D eigenvalue weighted by atomic mass is 10.2. The van der Waals surface area contributed by atoms with E-state index in [4.69, 9.17) is 10.4 Å². The Morgan fingerprint density at radius 1 is 1.67 bits per heavy atom. The highest BCUT2D eigenvalue weighted by Gasteiger charge is 2.07. The average molecular weight is 269 g/mol. The highest BCUT2D eigenvalue weighted by molar-refractivity contribution is 9.10. The minimum Gasteiger partial charge on any atom is -0.480 e. The Morgan fingerprint density at radius 3 is 2.80 bits per heavy atom. The van der Waals surface area contributed by atoms with Gasteiger partial charge in [-0.25, -0.2) is 0 Å². The first kappa shape index (κ1) is 11.5. The summed E-state index contributed by atoms with van der Waals surface area (Å²) < 4.78 is 0.666. The van der Waals surface area contributed by atoms with Crippen LogP contribution in [0, 0.1) is 11.3 Å². The van der Waals surface area contributed by atoms with E-state index in [9.17, 15) is 4.79 Å². The second-order valence-electron chi connectivity index (χ2n) is 3.03. The molecule has 4 nitrogen and oxygen atoms in total. The monoisotopic (exact) mass is 268 g/mol. The van der Waals surface area contributed by atoms with Crippen LogP contribution in [0.3, 0.4) is 0 Å². The summed E-state index contributed by atoms with van der Waals surface area (Å²) in [5.74, 6) is -0.891. The van der Waals surface area contributed by atoms with E-state index in [0.29, 0.717) is 10.0 Å². The van der Waals surface area contributed by atoms with E-state index in [2.05, 4.69) is 15.9 Å². The van der Waals surface area contributed by atoms with Crippen LogP contribution in [0.1, 0.15) is 5.56 Å². The summed E-state index contributed by atoms with van der Waals surface area (Å²) in [5, 5.41) is 17.3. The van der Waals surface area contributed by atoms with Crippen LogP contribution in [0.4, 0.5) is 5.69 Å². The Morgan fingerprint density at radius 2 is 2.33 bits per heavy atom. The molecule has 1 N–H and O–H groups in total. The van der Waals surface area contributed by atoms with Gasteiger partial charge in [0.2, 0.25) is 0 Å². The molecule has 0 aliphatic carbocycles. The molecule has 0 heterocycles. The molecule has 1 aromatic rings. The minimum absolute atomic E-state index is 0.0711. The first-order valence-corrected chi connectivity index (χ1v) is 4.96. The number of anilines is 1. The molecule has 0 amide bonds. The van der Waals surface area contributed by atoms with E-state index in [1.807, 2.05) is 6.07 Å². The minimum atomic E-state index is -0.891. The lowest BCUT2D eigenvalue weighted by Gasteiger charge is -2.16. The fourth-order valence-corrected chi connectivity index (χ4v) is 1.58. The van der Waals surface area contributed by atoms with E-state index >= 15 is 0 Å². The van der Waals surface area contributed by atoms with Gasteiger partial charge in [0.25, 0.3) is 0 Å². The van der Waals surface area contributed by atoms with Crippen LogP contribution in [0.5, 0.6) is 0 Å². The molecule has 78 valence electrons. The van der Waals surface area contributed by atoms with Crippen LogP contribution in [0.15, 0.2) is 22.7 Å². The van der Waals surface area contributed by atoms with Gasteiger partial charge in [-0.1, -0.05) is 0 Å². The fourth-order valence-electron chi connectivity index (χ4n) is 1.13. The second-order valence-corrected chi connectivity index (χ2v) is 3.88. The van der Waals surface area contributed by atoms with Crippen LogP contribution in [0.25, 0.3) is 0 Å². The number of rotatable bonds is 3. The van der Waals surface area contributed by atoms with Crippen LogP contribution >= 0.6 is 15.9 Å². The third-order valence-corrected chi connectivity index (χ3v) is 2.54. The highest BCUT2D eigenvalue weighted by Crippen LogP contribution is 2.22. The SMILES string of the molecule is CN(CC(=O)O)c1ccc(C#N)c(Br)c1. The summed E-state index contributed by atoms with van der Waals surface area (Å²) >= 11 is 3.25. The van der Waals surface area contributed by atoms with Gasteiger partial charge < -0.3 is 10.0 Å². The summed E-state index contributed by atoms with van der Waals surface area (Å²) in [4.78, 5) is 12.1. The Hall–Kier alpha value is -1.54. The molecule has 15 heavy (non-hydrogen) atoms. The first-order chi connectivity index (χ1) is 7.04. The molecular weight excluding hydrogens is 260 g/mol. The predicted molar refractivity (Wildman–Crippen MR) is 59.8 cm³/mol. The summed E-state index contributed by atoms with van der Waals surface area (Å²) in [7, 11) is 1.68. The zero-order valence-corrected chi connectivity index (χ0v) is 9.65. The number of halogens is 1. The molecule has 0 aliphatic heterocycles. The quantitative estimate of drug-likeness (QED) is 0.909. The molecule has 0 fully saturated rings. The van der Waals surface area contributed by atoms with Crippen molar-refractivity contribution in [3.05, 3.63) is 28.2 Å². The highest BCUT2D eigenvalue weighted by atomic mass is 79.9. The third kappa shape index (κ3) is 2.96. The van der Waals surface area contributed by atoms with E-state index in [-0.39, 0.29) is 6.54 Å². The molecule has 0 saturated heterocycles. The van der Waals surface area contributed by atoms with Gasteiger partial charge in [0, 0.05) is 17.2 Å². The molecule has 0 aromatic heterocycles. The Bertz CT molecular complexity index is 426. The van der Waals surface area contributed by atoms with E-state index in [0.717, 1.165) is 5.69 Å². The van der Waals surface area contributed by atoms with Crippen molar-refractivity contribution < 1.29 is 9.90 Å². The van der Waals surface area contributed by atoms with Gasteiger partial charge in [0.1, 0.15) is 12.6 Å². The number of nitriles is 1. The maximum Gasteiger partial charge on any atom is 0.323 e. The molecule has 1 rings (SSSR count). The van der Waals surface area contributed by atoms with Crippen molar-refractivity contribution >= 4 is 27.6 Å². The molecule has 0 bridgehead atoms. The van der Waals surface area contributed by atoms with Gasteiger partial charge in [0.15, 0.2) is 0 Å². The van der Waals surface area contributed by atoms with Crippen molar-refractivity contribution in [2.24, 2.45) is 0 Å². The average Bonchev–Trinajstić information content (AvgIpc) is 2.16. The van der Waals surface area contributed by atoms with Gasteiger partial charge in [0.05, 0.1) is 5.56 Å². The zero-order chi connectivity index (χ0) is 11.4.